The molecule has 0 saturated heterocycles. The molecule has 2 aromatic rings. The summed E-state index contributed by atoms with van der Waals surface area (Å²) in [5.41, 5.74) is 6.53. The molecule has 0 radical (unpaired) electrons. The Morgan fingerprint density at radius 3 is 2.37 bits per heavy atom. The molecule has 2 heteroatoms. The molecule has 0 fully saturated rings. The quantitative estimate of drug-likeness (QED) is 0.727. The fourth-order valence-electron chi connectivity index (χ4n) is 2.91. The largest absolute Gasteiger partial charge is 0.492 e. The summed E-state index contributed by atoms with van der Waals surface area (Å²) in [6.45, 7) is 7.22. The monoisotopic (exact) mass is 316 g/mol. The highest BCUT2D eigenvalue weighted by molar-refractivity contribution is 9.10. The van der Waals surface area contributed by atoms with Crippen LogP contribution >= 0.6 is 15.9 Å². The SMILES string of the molecule is Cc1c(C)c2c(c(C)c1Br)[C@H](c1ccccc1)CO2. The Morgan fingerprint density at radius 1 is 1.00 bits per heavy atom. The van der Waals surface area contributed by atoms with E-state index >= 15 is 0 Å². The number of halogens is 1. The Hall–Kier alpha value is -1.28. The van der Waals surface area contributed by atoms with Crippen LogP contribution in [0, 0.1) is 20.8 Å². The van der Waals surface area contributed by atoms with Gasteiger partial charge in [0.2, 0.25) is 0 Å². The highest BCUT2D eigenvalue weighted by Gasteiger charge is 2.30. The minimum Gasteiger partial charge on any atom is -0.492 e. The van der Waals surface area contributed by atoms with Crippen LogP contribution in [-0.2, 0) is 0 Å². The van der Waals surface area contributed by atoms with Crippen LogP contribution < -0.4 is 4.74 Å². The van der Waals surface area contributed by atoms with Crippen LogP contribution in [0.25, 0.3) is 0 Å². The highest BCUT2D eigenvalue weighted by Crippen LogP contribution is 2.46. The van der Waals surface area contributed by atoms with Gasteiger partial charge in [-0.05, 0) is 43.0 Å². The lowest BCUT2D eigenvalue weighted by atomic mass is 9.88. The first kappa shape index (κ1) is 12.7. The molecule has 0 aromatic heterocycles. The van der Waals surface area contributed by atoms with Crippen molar-refractivity contribution < 1.29 is 4.74 Å². The molecule has 3 rings (SSSR count). The number of hydrogen-bond acceptors (Lipinski definition) is 1. The number of ether oxygens (including phenoxy) is 1. The predicted octanol–water partition coefficient (Wildman–Crippen LogP) is 4.90. The van der Waals surface area contributed by atoms with Crippen LogP contribution in [-0.4, -0.2) is 6.61 Å². The van der Waals surface area contributed by atoms with Crippen LogP contribution in [0.1, 0.15) is 33.7 Å². The smallest absolute Gasteiger partial charge is 0.126 e. The topological polar surface area (TPSA) is 9.23 Å². The van der Waals surface area contributed by atoms with Gasteiger partial charge in [-0.3, -0.25) is 0 Å². The van der Waals surface area contributed by atoms with E-state index in [2.05, 4.69) is 67.0 Å². The molecule has 2 aromatic carbocycles. The van der Waals surface area contributed by atoms with Gasteiger partial charge in [0.15, 0.2) is 0 Å². The molecule has 1 atom stereocenters. The molecule has 0 amide bonds. The molecule has 0 aliphatic carbocycles. The summed E-state index contributed by atoms with van der Waals surface area (Å²) in [5, 5.41) is 0. The summed E-state index contributed by atoms with van der Waals surface area (Å²) in [6.07, 6.45) is 0. The number of hydrogen-bond donors (Lipinski definition) is 0. The lowest BCUT2D eigenvalue weighted by molar-refractivity contribution is 0.341. The number of rotatable bonds is 1. The van der Waals surface area contributed by atoms with E-state index in [1.807, 2.05) is 0 Å². The summed E-state index contributed by atoms with van der Waals surface area (Å²) in [7, 11) is 0. The minimum atomic E-state index is 0.354. The van der Waals surface area contributed by atoms with E-state index in [-0.39, 0.29) is 0 Å². The predicted molar refractivity (Wildman–Crippen MR) is 82.1 cm³/mol. The summed E-state index contributed by atoms with van der Waals surface area (Å²) >= 11 is 3.73. The standard InChI is InChI=1S/C17H17BrO/c1-10-11(2)17-15(12(3)16(10)18)14(9-19-17)13-7-5-4-6-8-13/h4-8,14H,9H2,1-3H3/t14-/m0/s1. The maximum absolute atomic E-state index is 5.99. The third kappa shape index (κ3) is 1.90. The van der Waals surface area contributed by atoms with E-state index in [0.29, 0.717) is 5.92 Å². The zero-order valence-corrected chi connectivity index (χ0v) is 13.0. The summed E-state index contributed by atoms with van der Waals surface area (Å²) in [4.78, 5) is 0. The molecule has 0 saturated carbocycles. The van der Waals surface area contributed by atoms with Gasteiger partial charge >= 0.3 is 0 Å². The Bertz CT molecular complexity index is 632. The van der Waals surface area contributed by atoms with Crippen LogP contribution in [0.15, 0.2) is 34.8 Å². The number of fused-ring (bicyclic) bond motifs is 1. The van der Waals surface area contributed by atoms with Gasteiger partial charge in [-0.15, -0.1) is 0 Å². The molecule has 1 heterocycles. The van der Waals surface area contributed by atoms with E-state index in [1.165, 1.54) is 32.3 Å². The Balaban J connectivity index is 2.21. The maximum atomic E-state index is 5.99. The molecule has 1 aliphatic heterocycles. The van der Waals surface area contributed by atoms with Gasteiger partial charge in [-0.2, -0.15) is 0 Å². The first-order valence-corrected chi connectivity index (χ1v) is 7.37. The van der Waals surface area contributed by atoms with Crippen molar-refractivity contribution in [1.82, 2.24) is 0 Å². The highest BCUT2D eigenvalue weighted by atomic mass is 79.9. The second-order valence-corrected chi connectivity index (χ2v) is 6.00. The van der Waals surface area contributed by atoms with Crippen molar-refractivity contribution in [2.45, 2.75) is 26.7 Å². The molecular formula is C17H17BrO. The molecule has 1 nitrogen and oxygen atoms in total. The Kier molecular flexibility index (Phi) is 3.14. The van der Waals surface area contributed by atoms with Crippen molar-refractivity contribution in [1.29, 1.82) is 0 Å². The van der Waals surface area contributed by atoms with Crippen LogP contribution in [0.5, 0.6) is 5.75 Å². The molecule has 0 N–H and O–H groups in total. The third-order valence-electron chi connectivity index (χ3n) is 4.15. The van der Waals surface area contributed by atoms with Crippen molar-refractivity contribution in [3.05, 3.63) is 62.6 Å². The Morgan fingerprint density at radius 2 is 1.68 bits per heavy atom. The van der Waals surface area contributed by atoms with E-state index in [4.69, 9.17) is 4.74 Å². The summed E-state index contributed by atoms with van der Waals surface area (Å²) in [6, 6.07) is 10.6. The van der Waals surface area contributed by atoms with Gasteiger partial charge in [-0.25, -0.2) is 0 Å². The molecule has 1 aliphatic rings. The molecule has 98 valence electrons. The second-order valence-electron chi connectivity index (χ2n) is 5.21. The van der Waals surface area contributed by atoms with Gasteiger partial charge in [0, 0.05) is 16.0 Å². The third-order valence-corrected chi connectivity index (χ3v) is 5.34. The van der Waals surface area contributed by atoms with Crippen LogP contribution in [0.4, 0.5) is 0 Å². The fraction of sp³-hybridized carbons (Fsp3) is 0.294. The van der Waals surface area contributed by atoms with Gasteiger partial charge in [0.1, 0.15) is 5.75 Å². The Labute approximate surface area is 122 Å². The lowest BCUT2D eigenvalue weighted by Gasteiger charge is -2.16. The van der Waals surface area contributed by atoms with Crippen molar-refractivity contribution in [2.24, 2.45) is 0 Å². The van der Waals surface area contributed by atoms with E-state index in [9.17, 15) is 0 Å². The second kappa shape index (κ2) is 4.68. The molecule has 0 bridgehead atoms. The van der Waals surface area contributed by atoms with Gasteiger partial charge in [-0.1, -0.05) is 46.3 Å². The zero-order valence-electron chi connectivity index (χ0n) is 11.5. The summed E-state index contributed by atoms with van der Waals surface area (Å²) < 4.78 is 7.21. The first-order chi connectivity index (χ1) is 9.11. The molecule has 19 heavy (non-hydrogen) atoms. The normalized spacial score (nSPS) is 17.2. The van der Waals surface area contributed by atoms with Gasteiger partial charge in [0.25, 0.3) is 0 Å². The maximum Gasteiger partial charge on any atom is 0.126 e. The van der Waals surface area contributed by atoms with E-state index < -0.39 is 0 Å². The van der Waals surface area contributed by atoms with E-state index in [0.717, 1.165) is 12.4 Å². The number of benzene rings is 2. The van der Waals surface area contributed by atoms with Gasteiger partial charge < -0.3 is 4.74 Å². The van der Waals surface area contributed by atoms with Crippen LogP contribution in [0.2, 0.25) is 0 Å². The average Bonchev–Trinajstić information content (AvgIpc) is 2.88. The van der Waals surface area contributed by atoms with Crippen LogP contribution in [0.3, 0.4) is 0 Å². The van der Waals surface area contributed by atoms with Crippen molar-refractivity contribution >= 4 is 15.9 Å². The van der Waals surface area contributed by atoms with Crippen molar-refractivity contribution in [2.75, 3.05) is 6.61 Å². The lowest BCUT2D eigenvalue weighted by Crippen LogP contribution is -2.03. The average molecular weight is 317 g/mol. The van der Waals surface area contributed by atoms with Gasteiger partial charge in [0.05, 0.1) is 6.61 Å². The summed E-state index contributed by atoms with van der Waals surface area (Å²) in [5.74, 6) is 1.44. The van der Waals surface area contributed by atoms with E-state index in [1.54, 1.807) is 0 Å². The molecule has 0 spiro atoms. The first-order valence-electron chi connectivity index (χ1n) is 6.58. The molecule has 0 unspecified atom stereocenters. The fourth-order valence-corrected chi connectivity index (χ4v) is 3.42. The van der Waals surface area contributed by atoms with Crippen molar-refractivity contribution in [3.8, 4) is 5.75 Å². The molecular weight excluding hydrogens is 300 g/mol. The zero-order chi connectivity index (χ0) is 13.6. The van der Waals surface area contributed by atoms with Crippen molar-refractivity contribution in [3.63, 3.8) is 0 Å². The minimum absolute atomic E-state index is 0.354.